The van der Waals surface area contributed by atoms with Crippen molar-refractivity contribution in [2.45, 2.75) is 26.4 Å². The number of nitrogens with zero attached hydrogens (tertiary/aromatic N) is 1. The van der Waals surface area contributed by atoms with Crippen molar-refractivity contribution in [3.63, 3.8) is 0 Å². The normalized spacial score (nSPS) is 10.7. The van der Waals surface area contributed by atoms with E-state index < -0.39 is 23.4 Å². The Kier molecular flexibility index (Phi) is 4.31. The number of carbonyl (C=O) groups excluding carboxylic acids is 2. The lowest BCUT2D eigenvalue weighted by atomic mass is 10.2. The molecule has 0 unspecified atom stereocenters. The van der Waals surface area contributed by atoms with Crippen LogP contribution >= 0.6 is 0 Å². The zero-order valence-electron chi connectivity index (χ0n) is 11.2. The lowest BCUT2D eigenvalue weighted by Gasteiger charge is -2.20. The summed E-state index contributed by atoms with van der Waals surface area (Å²) in [4.78, 5) is 26.5. The van der Waals surface area contributed by atoms with Crippen LogP contribution < -0.4 is 5.32 Å². The predicted molar refractivity (Wildman–Crippen MR) is 67.1 cm³/mol. The number of anilines is 1. The van der Waals surface area contributed by atoms with E-state index in [0.717, 1.165) is 7.11 Å². The standard InChI is InChI=1S/C12H16N2O5/c1-12(2,3)19-11(17)14-7-5-6-13-8(9(7)15)10(16)18-4/h5-6,15H,1-4H3,(H,13,14,17). The van der Waals surface area contributed by atoms with Gasteiger partial charge in [0.25, 0.3) is 0 Å². The van der Waals surface area contributed by atoms with Crippen LogP contribution in [0.4, 0.5) is 10.5 Å². The number of hydrogen-bond donors (Lipinski definition) is 2. The van der Waals surface area contributed by atoms with Gasteiger partial charge in [-0.3, -0.25) is 5.32 Å². The largest absolute Gasteiger partial charge is 0.504 e. The molecule has 1 aromatic rings. The molecule has 7 heteroatoms. The van der Waals surface area contributed by atoms with Crippen LogP contribution in [0.3, 0.4) is 0 Å². The van der Waals surface area contributed by atoms with Crippen molar-refractivity contribution >= 4 is 17.7 Å². The van der Waals surface area contributed by atoms with Crippen molar-refractivity contribution in [2.24, 2.45) is 0 Å². The number of esters is 1. The zero-order valence-corrected chi connectivity index (χ0v) is 11.2. The number of aromatic hydroxyl groups is 1. The van der Waals surface area contributed by atoms with Gasteiger partial charge in [-0.05, 0) is 26.8 Å². The smallest absolute Gasteiger partial charge is 0.412 e. The zero-order chi connectivity index (χ0) is 14.6. The first kappa shape index (κ1) is 14.7. The van der Waals surface area contributed by atoms with E-state index in [1.807, 2.05) is 0 Å². The molecule has 0 aromatic carbocycles. The number of rotatable bonds is 2. The Labute approximate surface area is 110 Å². The van der Waals surface area contributed by atoms with Gasteiger partial charge in [-0.2, -0.15) is 0 Å². The van der Waals surface area contributed by atoms with E-state index in [-0.39, 0.29) is 11.4 Å². The van der Waals surface area contributed by atoms with Gasteiger partial charge in [0, 0.05) is 6.20 Å². The number of amides is 1. The van der Waals surface area contributed by atoms with Crippen molar-refractivity contribution < 1.29 is 24.2 Å². The fourth-order valence-corrected chi connectivity index (χ4v) is 1.21. The first-order valence-electron chi connectivity index (χ1n) is 5.51. The summed E-state index contributed by atoms with van der Waals surface area (Å²) in [5, 5.41) is 12.1. The van der Waals surface area contributed by atoms with Crippen LogP contribution in [0.2, 0.25) is 0 Å². The SMILES string of the molecule is COC(=O)c1nccc(NC(=O)OC(C)(C)C)c1O. The number of aromatic nitrogens is 1. The number of hydrogen-bond acceptors (Lipinski definition) is 6. The van der Waals surface area contributed by atoms with E-state index in [1.54, 1.807) is 20.8 Å². The molecule has 7 nitrogen and oxygen atoms in total. The number of carbonyl (C=O) groups is 2. The highest BCUT2D eigenvalue weighted by Gasteiger charge is 2.20. The molecule has 1 rings (SSSR count). The average Bonchev–Trinajstić information content (AvgIpc) is 2.28. The lowest BCUT2D eigenvalue weighted by molar-refractivity contribution is 0.0586. The molecule has 1 heterocycles. The summed E-state index contributed by atoms with van der Waals surface area (Å²) in [5.41, 5.74) is -0.932. The van der Waals surface area contributed by atoms with Gasteiger partial charge in [0.2, 0.25) is 0 Å². The fraction of sp³-hybridized carbons (Fsp3) is 0.417. The quantitative estimate of drug-likeness (QED) is 0.795. The molecule has 0 saturated heterocycles. The Bertz CT molecular complexity index is 493. The Morgan fingerprint density at radius 1 is 1.37 bits per heavy atom. The summed E-state index contributed by atoms with van der Waals surface area (Å²) >= 11 is 0. The Morgan fingerprint density at radius 2 is 2.00 bits per heavy atom. The second-order valence-electron chi connectivity index (χ2n) is 4.67. The van der Waals surface area contributed by atoms with Crippen LogP contribution in [0.5, 0.6) is 5.75 Å². The molecule has 0 atom stereocenters. The Hall–Kier alpha value is -2.31. The Morgan fingerprint density at radius 3 is 2.53 bits per heavy atom. The monoisotopic (exact) mass is 268 g/mol. The molecular weight excluding hydrogens is 252 g/mol. The summed E-state index contributed by atoms with van der Waals surface area (Å²) in [6.45, 7) is 5.12. The van der Waals surface area contributed by atoms with Gasteiger partial charge in [-0.1, -0.05) is 0 Å². The summed E-state index contributed by atoms with van der Waals surface area (Å²) in [5.74, 6) is -1.27. The summed E-state index contributed by atoms with van der Waals surface area (Å²) in [7, 11) is 1.16. The minimum Gasteiger partial charge on any atom is -0.504 e. The van der Waals surface area contributed by atoms with Crippen LogP contribution in [0.25, 0.3) is 0 Å². The van der Waals surface area contributed by atoms with Gasteiger partial charge in [0.05, 0.1) is 12.8 Å². The van der Waals surface area contributed by atoms with Crippen molar-refractivity contribution in [3.05, 3.63) is 18.0 Å². The van der Waals surface area contributed by atoms with E-state index in [0.29, 0.717) is 0 Å². The Balaban J connectivity index is 2.91. The maximum atomic E-state index is 11.5. The van der Waals surface area contributed by atoms with E-state index in [4.69, 9.17) is 4.74 Å². The topological polar surface area (TPSA) is 97.8 Å². The third-order valence-electron chi connectivity index (χ3n) is 1.94. The summed E-state index contributed by atoms with van der Waals surface area (Å²) in [6.07, 6.45) is 0.517. The highest BCUT2D eigenvalue weighted by Crippen LogP contribution is 2.26. The van der Waals surface area contributed by atoms with Gasteiger partial charge in [0.1, 0.15) is 5.60 Å². The van der Waals surface area contributed by atoms with Crippen LogP contribution in [0.1, 0.15) is 31.3 Å². The average molecular weight is 268 g/mol. The molecule has 0 aliphatic rings. The molecule has 0 aliphatic carbocycles. The number of pyridine rings is 1. The third kappa shape index (κ3) is 4.13. The molecule has 0 spiro atoms. The number of methoxy groups -OCH3 is 1. The van der Waals surface area contributed by atoms with Crippen LogP contribution in [-0.4, -0.2) is 34.9 Å². The van der Waals surface area contributed by atoms with Gasteiger partial charge >= 0.3 is 12.1 Å². The minimum absolute atomic E-state index is 0.0182. The molecular formula is C12H16N2O5. The lowest BCUT2D eigenvalue weighted by Crippen LogP contribution is -2.27. The first-order valence-corrected chi connectivity index (χ1v) is 5.51. The third-order valence-corrected chi connectivity index (χ3v) is 1.94. The second kappa shape index (κ2) is 5.55. The van der Waals surface area contributed by atoms with Gasteiger partial charge < -0.3 is 14.6 Å². The van der Waals surface area contributed by atoms with E-state index >= 15 is 0 Å². The van der Waals surface area contributed by atoms with Crippen LogP contribution in [-0.2, 0) is 9.47 Å². The van der Waals surface area contributed by atoms with E-state index in [2.05, 4.69) is 15.0 Å². The molecule has 0 bridgehead atoms. The van der Waals surface area contributed by atoms with Gasteiger partial charge in [-0.15, -0.1) is 0 Å². The predicted octanol–water partition coefficient (Wildman–Crippen LogP) is 1.92. The molecule has 1 amide bonds. The fourth-order valence-electron chi connectivity index (χ4n) is 1.21. The maximum Gasteiger partial charge on any atom is 0.412 e. The molecule has 0 saturated carbocycles. The molecule has 104 valence electrons. The van der Waals surface area contributed by atoms with Crippen molar-refractivity contribution in [3.8, 4) is 5.75 Å². The number of ether oxygens (including phenoxy) is 2. The van der Waals surface area contributed by atoms with Crippen molar-refractivity contribution in [1.82, 2.24) is 4.98 Å². The maximum absolute atomic E-state index is 11.5. The highest BCUT2D eigenvalue weighted by molar-refractivity contribution is 5.95. The molecule has 1 aromatic heterocycles. The van der Waals surface area contributed by atoms with Crippen molar-refractivity contribution in [2.75, 3.05) is 12.4 Å². The van der Waals surface area contributed by atoms with Crippen LogP contribution in [0, 0.1) is 0 Å². The molecule has 0 aliphatic heterocycles. The van der Waals surface area contributed by atoms with E-state index in [1.165, 1.54) is 12.3 Å². The van der Waals surface area contributed by atoms with Crippen molar-refractivity contribution in [1.29, 1.82) is 0 Å². The summed E-state index contributed by atoms with van der Waals surface area (Å²) < 4.78 is 9.48. The first-order chi connectivity index (χ1) is 8.74. The van der Waals surface area contributed by atoms with Gasteiger partial charge in [-0.25, -0.2) is 14.6 Å². The molecule has 0 radical (unpaired) electrons. The highest BCUT2D eigenvalue weighted by atomic mass is 16.6. The second-order valence-corrected chi connectivity index (χ2v) is 4.67. The molecule has 0 fully saturated rings. The summed E-state index contributed by atoms with van der Waals surface area (Å²) in [6, 6.07) is 1.34. The van der Waals surface area contributed by atoms with Gasteiger partial charge in [0.15, 0.2) is 11.4 Å². The van der Waals surface area contributed by atoms with Crippen LogP contribution in [0.15, 0.2) is 12.3 Å². The number of nitrogens with one attached hydrogen (secondary N) is 1. The van der Waals surface area contributed by atoms with E-state index in [9.17, 15) is 14.7 Å². The molecule has 19 heavy (non-hydrogen) atoms. The molecule has 2 N–H and O–H groups in total. The minimum atomic E-state index is -0.801.